The minimum atomic E-state index is -0.463. The third kappa shape index (κ3) is 6.66. The van der Waals surface area contributed by atoms with Gasteiger partial charge in [-0.1, -0.05) is 49.9 Å². The van der Waals surface area contributed by atoms with Gasteiger partial charge in [0.15, 0.2) is 0 Å². The lowest BCUT2D eigenvalue weighted by atomic mass is 10.1. The van der Waals surface area contributed by atoms with E-state index in [0.29, 0.717) is 28.6 Å². The van der Waals surface area contributed by atoms with Gasteiger partial charge in [0.05, 0.1) is 6.61 Å². The van der Waals surface area contributed by atoms with E-state index in [1.54, 1.807) is 18.2 Å². The number of carbonyl (C=O) groups is 1. The topological polar surface area (TPSA) is 62.1 Å². The van der Waals surface area contributed by atoms with Crippen molar-refractivity contribution in [2.24, 2.45) is 0 Å². The van der Waals surface area contributed by atoms with Crippen LogP contribution in [0.5, 0.6) is 5.75 Å². The van der Waals surface area contributed by atoms with E-state index in [0.717, 1.165) is 30.4 Å². The summed E-state index contributed by atoms with van der Waals surface area (Å²) >= 11 is 6.13. The van der Waals surface area contributed by atoms with Gasteiger partial charge in [-0.2, -0.15) is 5.26 Å². The number of hydrogen-bond donors (Lipinski definition) is 1. The van der Waals surface area contributed by atoms with Crippen molar-refractivity contribution in [3.05, 3.63) is 63.7 Å². The highest BCUT2D eigenvalue weighted by Crippen LogP contribution is 2.26. The predicted octanol–water partition coefficient (Wildman–Crippen LogP) is 6.46. The molecule has 0 aliphatic heterocycles. The van der Waals surface area contributed by atoms with Crippen LogP contribution in [0.15, 0.2) is 42.0 Å². The van der Waals surface area contributed by atoms with Crippen LogP contribution in [0.4, 0.5) is 5.69 Å². The Morgan fingerprint density at radius 3 is 2.72 bits per heavy atom. The largest absolute Gasteiger partial charge is 0.493 e. The van der Waals surface area contributed by atoms with Crippen molar-refractivity contribution >= 4 is 29.3 Å². The summed E-state index contributed by atoms with van der Waals surface area (Å²) in [4.78, 5) is 12.7. The molecule has 0 aliphatic rings. The number of unbranched alkanes of at least 4 members (excludes halogenated alkanes) is 3. The van der Waals surface area contributed by atoms with E-state index in [9.17, 15) is 10.1 Å². The molecule has 5 heteroatoms. The van der Waals surface area contributed by atoms with Crippen LogP contribution in [-0.4, -0.2) is 12.5 Å². The molecule has 0 spiro atoms. The van der Waals surface area contributed by atoms with Crippen LogP contribution in [0.1, 0.15) is 49.3 Å². The number of nitriles is 1. The zero-order valence-electron chi connectivity index (χ0n) is 17.2. The molecule has 0 heterocycles. The van der Waals surface area contributed by atoms with Crippen LogP contribution in [0.2, 0.25) is 5.02 Å². The number of amides is 1. The molecule has 0 bridgehead atoms. The molecule has 4 nitrogen and oxygen atoms in total. The van der Waals surface area contributed by atoms with Gasteiger partial charge in [-0.3, -0.25) is 4.79 Å². The monoisotopic (exact) mass is 410 g/mol. The van der Waals surface area contributed by atoms with E-state index in [-0.39, 0.29) is 5.57 Å². The van der Waals surface area contributed by atoms with Crippen molar-refractivity contribution < 1.29 is 9.53 Å². The van der Waals surface area contributed by atoms with Crippen LogP contribution in [0, 0.1) is 25.2 Å². The summed E-state index contributed by atoms with van der Waals surface area (Å²) in [5.41, 5.74) is 3.33. The highest BCUT2D eigenvalue weighted by molar-refractivity contribution is 6.30. The SMILES string of the molecule is CCCCCCOc1ccc(Cl)cc1/C=C(/C#N)C(=O)Nc1cccc(C)c1C. The number of nitrogens with one attached hydrogen (secondary N) is 1. The second kappa shape index (κ2) is 11.3. The molecule has 0 unspecified atom stereocenters. The second-order valence-electron chi connectivity index (χ2n) is 6.96. The molecule has 2 rings (SSSR count). The van der Waals surface area contributed by atoms with Gasteiger partial charge in [-0.05, 0) is 61.7 Å². The third-order valence-electron chi connectivity index (χ3n) is 4.75. The van der Waals surface area contributed by atoms with E-state index in [1.807, 2.05) is 38.1 Å². The lowest BCUT2D eigenvalue weighted by Crippen LogP contribution is -2.14. The molecule has 0 saturated carbocycles. The molecule has 1 amide bonds. The lowest BCUT2D eigenvalue weighted by molar-refractivity contribution is -0.112. The van der Waals surface area contributed by atoms with E-state index in [1.165, 1.54) is 12.5 Å². The van der Waals surface area contributed by atoms with E-state index < -0.39 is 5.91 Å². The smallest absolute Gasteiger partial charge is 0.266 e. The van der Waals surface area contributed by atoms with Crippen molar-refractivity contribution in [1.82, 2.24) is 0 Å². The number of anilines is 1. The Kier molecular flexibility index (Phi) is 8.76. The number of halogens is 1. The van der Waals surface area contributed by atoms with Crippen molar-refractivity contribution in [2.45, 2.75) is 46.5 Å². The maximum absolute atomic E-state index is 12.7. The van der Waals surface area contributed by atoms with Crippen LogP contribution in [0.3, 0.4) is 0 Å². The zero-order valence-corrected chi connectivity index (χ0v) is 18.0. The fraction of sp³-hybridized carbons (Fsp3) is 0.333. The zero-order chi connectivity index (χ0) is 21.2. The summed E-state index contributed by atoms with van der Waals surface area (Å²) in [5, 5.41) is 12.9. The summed E-state index contributed by atoms with van der Waals surface area (Å²) in [6.07, 6.45) is 5.92. The molecule has 0 radical (unpaired) electrons. The van der Waals surface area contributed by atoms with Gasteiger partial charge in [0.2, 0.25) is 0 Å². The highest BCUT2D eigenvalue weighted by atomic mass is 35.5. The first-order valence-electron chi connectivity index (χ1n) is 9.88. The van der Waals surface area contributed by atoms with E-state index in [2.05, 4.69) is 12.2 Å². The Morgan fingerprint density at radius 1 is 1.21 bits per heavy atom. The van der Waals surface area contributed by atoms with Crippen LogP contribution >= 0.6 is 11.6 Å². The first kappa shape index (κ1) is 22.5. The summed E-state index contributed by atoms with van der Waals surface area (Å²) in [5.74, 6) is 0.147. The average Bonchev–Trinajstić information content (AvgIpc) is 2.70. The fourth-order valence-corrected chi connectivity index (χ4v) is 3.04. The third-order valence-corrected chi connectivity index (χ3v) is 4.98. The van der Waals surface area contributed by atoms with Crippen LogP contribution in [0.25, 0.3) is 6.08 Å². The summed E-state index contributed by atoms with van der Waals surface area (Å²) in [7, 11) is 0. The minimum absolute atomic E-state index is 0.0102. The van der Waals surface area contributed by atoms with Gasteiger partial charge >= 0.3 is 0 Å². The summed E-state index contributed by atoms with van der Waals surface area (Å²) in [6, 6.07) is 12.9. The minimum Gasteiger partial charge on any atom is -0.493 e. The lowest BCUT2D eigenvalue weighted by Gasteiger charge is -2.11. The van der Waals surface area contributed by atoms with Gasteiger partial charge in [-0.25, -0.2) is 0 Å². The molecule has 0 aromatic heterocycles. The molecule has 0 aliphatic carbocycles. The molecule has 0 fully saturated rings. The van der Waals surface area contributed by atoms with Crippen molar-refractivity contribution in [2.75, 3.05) is 11.9 Å². The molecule has 0 saturated heterocycles. The maximum Gasteiger partial charge on any atom is 0.266 e. The molecule has 152 valence electrons. The highest BCUT2D eigenvalue weighted by Gasteiger charge is 2.13. The Morgan fingerprint density at radius 2 is 2.00 bits per heavy atom. The van der Waals surface area contributed by atoms with Crippen molar-refractivity contribution in [1.29, 1.82) is 5.26 Å². The Labute approximate surface area is 178 Å². The van der Waals surface area contributed by atoms with Crippen molar-refractivity contribution in [3.63, 3.8) is 0 Å². The number of hydrogen-bond acceptors (Lipinski definition) is 3. The Balaban J connectivity index is 2.20. The van der Waals surface area contributed by atoms with Crippen LogP contribution < -0.4 is 10.1 Å². The number of rotatable bonds is 9. The average molecular weight is 411 g/mol. The molecule has 1 N–H and O–H groups in total. The number of aryl methyl sites for hydroxylation is 1. The van der Waals surface area contributed by atoms with E-state index >= 15 is 0 Å². The fourth-order valence-electron chi connectivity index (χ4n) is 2.85. The Bertz CT molecular complexity index is 929. The first-order chi connectivity index (χ1) is 14.0. The van der Waals surface area contributed by atoms with Crippen molar-refractivity contribution in [3.8, 4) is 11.8 Å². The van der Waals surface area contributed by atoms with Gasteiger partial charge in [0, 0.05) is 16.3 Å². The molecule has 0 atom stereocenters. The predicted molar refractivity (Wildman–Crippen MR) is 119 cm³/mol. The second-order valence-corrected chi connectivity index (χ2v) is 7.40. The van der Waals surface area contributed by atoms with Gasteiger partial charge in [0.25, 0.3) is 5.91 Å². The molecular weight excluding hydrogens is 384 g/mol. The summed E-state index contributed by atoms with van der Waals surface area (Å²) in [6.45, 7) is 6.65. The molecule has 2 aromatic carbocycles. The quantitative estimate of drug-likeness (QED) is 0.293. The molecule has 2 aromatic rings. The normalized spacial score (nSPS) is 11.1. The molecular formula is C24H27ClN2O2. The van der Waals surface area contributed by atoms with Gasteiger partial charge in [-0.15, -0.1) is 0 Å². The van der Waals surface area contributed by atoms with E-state index in [4.69, 9.17) is 16.3 Å². The Hall–Kier alpha value is -2.77. The number of nitrogens with zero attached hydrogens (tertiary/aromatic N) is 1. The maximum atomic E-state index is 12.7. The number of ether oxygens (including phenoxy) is 1. The number of carbonyl (C=O) groups excluding carboxylic acids is 1. The van der Waals surface area contributed by atoms with Gasteiger partial charge in [0.1, 0.15) is 17.4 Å². The van der Waals surface area contributed by atoms with Gasteiger partial charge < -0.3 is 10.1 Å². The molecule has 29 heavy (non-hydrogen) atoms. The first-order valence-corrected chi connectivity index (χ1v) is 10.3. The standard InChI is InChI=1S/C24H27ClN2O2/c1-4-5-6-7-13-29-23-12-11-21(25)15-19(23)14-20(16-26)24(28)27-22-10-8-9-17(2)18(22)3/h8-12,14-15H,4-7,13H2,1-3H3,(H,27,28)/b20-14-. The number of benzene rings is 2. The summed E-state index contributed by atoms with van der Waals surface area (Å²) < 4.78 is 5.87. The van der Waals surface area contributed by atoms with Crippen LogP contribution in [-0.2, 0) is 4.79 Å².